The molecule has 0 amide bonds. The Hall–Kier alpha value is -2.65. The second-order valence-corrected chi connectivity index (χ2v) is 8.04. The number of aryl methyl sites for hydroxylation is 2. The highest BCUT2D eigenvalue weighted by Crippen LogP contribution is 2.38. The number of hydrogen-bond acceptors (Lipinski definition) is 7. The predicted octanol–water partition coefficient (Wildman–Crippen LogP) is 2.01. The van der Waals surface area contributed by atoms with Gasteiger partial charge in [-0.3, -0.25) is 0 Å². The maximum Gasteiger partial charge on any atom is 0.346 e. The van der Waals surface area contributed by atoms with Crippen LogP contribution in [0.3, 0.4) is 0 Å². The highest BCUT2D eigenvalue weighted by atomic mass is 32.1. The molecule has 1 aromatic heterocycles. The highest BCUT2D eigenvalue weighted by molar-refractivity contribution is 7.80. The van der Waals surface area contributed by atoms with E-state index in [2.05, 4.69) is 21.9 Å². The summed E-state index contributed by atoms with van der Waals surface area (Å²) in [4.78, 5) is 12.3. The van der Waals surface area contributed by atoms with Crippen LogP contribution in [0.25, 0.3) is 0 Å². The highest BCUT2D eigenvalue weighted by Gasteiger charge is 2.43. The van der Waals surface area contributed by atoms with E-state index in [1.807, 2.05) is 0 Å². The standard InChI is InChI=1S/C21H25N3O5S/c1-27-17-10-16(24-29-17)21(26,19(25)28-2)11-22-20(30)23-18-14-7-3-5-12(14)9-13-6-4-8-15(13)18/h9-10,26H,3-8,11H2,1-2H3,(H2,22,23,30). The van der Waals surface area contributed by atoms with Crippen LogP contribution in [-0.2, 0) is 40.8 Å². The molecule has 0 radical (unpaired) electrons. The first kappa shape index (κ1) is 20.6. The minimum Gasteiger partial charge on any atom is -0.467 e. The number of hydrogen-bond donors (Lipinski definition) is 3. The number of nitrogens with one attached hydrogen (secondary N) is 2. The molecule has 0 saturated heterocycles. The Bertz CT molecular complexity index is 957. The summed E-state index contributed by atoms with van der Waals surface area (Å²) in [6, 6.07) is 3.69. The number of methoxy groups -OCH3 is 2. The maximum atomic E-state index is 12.3. The molecular formula is C21H25N3O5S. The minimum atomic E-state index is -2.08. The van der Waals surface area contributed by atoms with Gasteiger partial charge in [-0.1, -0.05) is 11.2 Å². The smallest absolute Gasteiger partial charge is 0.346 e. The molecule has 1 unspecified atom stereocenters. The zero-order valence-electron chi connectivity index (χ0n) is 17.0. The second kappa shape index (κ2) is 8.23. The quantitative estimate of drug-likeness (QED) is 0.468. The van der Waals surface area contributed by atoms with Crippen LogP contribution in [-0.4, -0.2) is 42.1 Å². The molecular weight excluding hydrogens is 406 g/mol. The van der Waals surface area contributed by atoms with Gasteiger partial charge in [-0.2, -0.15) is 0 Å². The normalized spacial score (nSPS) is 16.4. The third kappa shape index (κ3) is 3.63. The summed E-state index contributed by atoms with van der Waals surface area (Å²) in [5.74, 6) is -0.807. The molecule has 0 saturated carbocycles. The van der Waals surface area contributed by atoms with Crippen LogP contribution in [0.4, 0.5) is 5.69 Å². The number of carbonyl (C=O) groups excluding carboxylic acids is 1. The molecule has 30 heavy (non-hydrogen) atoms. The van der Waals surface area contributed by atoms with E-state index in [0.717, 1.165) is 44.2 Å². The second-order valence-electron chi connectivity index (χ2n) is 7.63. The Balaban J connectivity index is 1.52. The van der Waals surface area contributed by atoms with Crippen molar-refractivity contribution >= 4 is 29.0 Å². The lowest BCUT2D eigenvalue weighted by molar-refractivity contribution is -0.163. The summed E-state index contributed by atoms with van der Waals surface area (Å²) in [5.41, 5.74) is 4.40. The van der Waals surface area contributed by atoms with Gasteiger partial charge in [0.05, 0.1) is 20.8 Å². The predicted molar refractivity (Wildman–Crippen MR) is 114 cm³/mol. The zero-order valence-corrected chi connectivity index (χ0v) is 17.9. The van der Waals surface area contributed by atoms with Crippen molar-refractivity contribution < 1.29 is 23.9 Å². The van der Waals surface area contributed by atoms with Crippen molar-refractivity contribution in [2.24, 2.45) is 0 Å². The summed E-state index contributed by atoms with van der Waals surface area (Å²) >= 11 is 5.49. The van der Waals surface area contributed by atoms with Gasteiger partial charge in [-0.25, -0.2) is 4.79 Å². The lowest BCUT2D eigenvalue weighted by Crippen LogP contribution is -2.48. The molecule has 0 bridgehead atoms. The average molecular weight is 432 g/mol. The summed E-state index contributed by atoms with van der Waals surface area (Å²) in [6.45, 7) is -0.238. The van der Waals surface area contributed by atoms with Gasteiger partial charge >= 0.3 is 11.9 Å². The molecule has 1 atom stereocenters. The molecule has 2 aromatic rings. The van der Waals surface area contributed by atoms with Crippen molar-refractivity contribution in [1.29, 1.82) is 0 Å². The summed E-state index contributed by atoms with van der Waals surface area (Å²) in [5, 5.41) is 21.3. The van der Waals surface area contributed by atoms with Gasteiger partial charge in [0, 0.05) is 11.8 Å². The van der Waals surface area contributed by atoms with Crippen molar-refractivity contribution in [1.82, 2.24) is 10.5 Å². The van der Waals surface area contributed by atoms with Crippen molar-refractivity contribution in [2.75, 3.05) is 26.1 Å². The number of ether oxygens (including phenoxy) is 2. The van der Waals surface area contributed by atoms with Crippen LogP contribution in [0, 0.1) is 0 Å². The fraction of sp³-hybridized carbons (Fsp3) is 0.476. The van der Waals surface area contributed by atoms with Gasteiger partial charge < -0.3 is 29.7 Å². The number of anilines is 1. The van der Waals surface area contributed by atoms with Crippen LogP contribution in [0.2, 0.25) is 0 Å². The SMILES string of the molecule is COC(=O)C(O)(CNC(=S)Nc1c2c(cc3c1CCC3)CCC2)c1cc(OC)on1. The van der Waals surface area contributed by atoms with Gasteiger partial charge in [0.1, 0.15) is 5.69 Å². The van der Waals surface area contributed by atoms with Crippen LogP contribution >= 0.6 is 12.2 Å². The topological polar surface area (TPSA) is 106 Å². The minimum absolute atomic E-state index is 0.0250. The van der Waals surface area contributed by atoms with E-state index in [1.54, 1.807) is 0 Å². The molecule has 2 aliphatic rings. The molecule has 8 nitrogen and oxygen atoms in total. The van der Waals surface area contributed by atoms with Crippen molar-refractivity contribution in [3.8, 4) is 5.95 Å². The monoisotopic (exact) mass is 431 g/mol. The Morgan fingerprint density at radius 1 is 1.20 bits per heavy atom. The zero-order chi connectivity index (χ0) is 21.3. The summed E-state index contributed by atoms with van der Waals surface area (Å²) in [7, 11) is 2.59. The van der Waals surface area contributed by atoms with Crippen molar-refractivity contribution in [3.63, 3.8) is 0 Å². The Morgan fingerprint density at radius 3 is 2.43 bits per heavy atom. The Labute approximate surface area is 179 Å². The van der Waals surface area contributed by atoms with Crippen LogP contribution in [0.15, 0.2) is 16.7 Å². The molecule has 0 spiro atoms. The molecule has 9 heteroatoms. The number of fused-ring (bicyclic) bond motifs is 2. The van der Waals surface area contributed by atoms with Crippen LogP contribution in [0.1, 0.15) is 40.8 Å². The summed E-state index contributed by atoms with van der Waals surface area (Å²) < 4.78 is 14.7. The number of rotatable bonds is 6. The number of nitrogens with zero attached hydrogens (tertiary/aromatic N) is 1. The van der Waals surface area contributed by atoms with E-state index in [-0.39, 0.29) is 18.2 Å². The molecule has 1 heterocycles. The Kier molecular flexibility index (Phi) is 5.66. The van der Waals surface area contributed by atoms with E-state index in [0.29, 0.717) is 5.11 Å². The van der Waals surface area contributed by atoms with E-state index in [1.165, 1.54) is 42.5 Å². The first-order valence-electron chi connectivity index (χ1n) is 9.99. The van der Waals surface area contributed by atoms with Crippen LogP contribution < -0.4 is 15.4 Å². The van der Waals surface area contributed by atoms with Gasteiger partial charge in [-0.15, -0.1) is 0 Å². The molecule has 4 rings (SSSR count). The molecule has 160 valence electrons. The van der Waals surface area contributed by atoms with Gasteiger partial charge in [0.2, 0.25) is 5.60 Å². The third-order valence-electron chi connectivity index (χ3n) is 5.85. The number of benzene rings is 1. The molecule has 1 aromatic carbocycles. The number of thiocarbonyl (C=S) groups is 1. The lowest BCUT2D eigenvalue weighted by atomic mass is 9.98. The van der Waals surface area contributed by atoms with Gasteiger partial charge in [-0.05, 0) is 73.0 Å². The first-order chi connectivity index (χ1) is 14.5. The molecule has 3 N–H and O–H groups in total. The van der Waals surface area contributed by atoms with Crippen molar-refractivity contribution in [3.05, 3.63) is 40.1 Å². The van der Waals surface area contributed by atoms with Gasteiger partial charge in [0.15, 0.2) is 5.11 Å². The number of esters is 1. The number of aliphatic hydroxyl groups is 1. The fourth-order valence-electron chi connectivity index (χ4n) is 4.32. The van der Waals surface area contributed by atoms with Gasteiger partial charge in [0.25, 0.3) is 0 Å². The molecule has 0 aliphatic heterocycles. The van der Waals surface area contributed by atoms with E-state index < -0.39 is 11.6 Å². The number of aromatic nitrogens is 1. The number of carbonyl (C=O) groups is 1. The van der Waals surface area contributed by atoms with E-state index in [9.17, 15) is 9.90 Å². The van der Waals surface area contributed by atoms with E-state index in [4.69, 9.17) is 26.2 Å². The van der Waals surface area contributed by atoms with Crippen molar-refractivity contribution in [2.45, 2.75) is 44.1 Å². The first-order valence-corrected chi connectivity index (χ1v) is 10.4. The Morgan fingerprint density at radius 2 is 1.87 bits per heavy atom. The average Bonchev–Trinajstić information content (AvgIpc) is 3.51. The maximum absolute atomic E-state index is 12.3. The van der Waals surface area contributed by atoms with E-state index >= 15 is 0 Å². The lowest BCUT2D eigenvalue weighted by Gasteiger charge is -2.24. The molecule has 2 aliphatic carbocycles. The largest absolute Gasteiger partial charge is 0.467 e. The third-order valence-corrected chi connectivity index (χ3v) is 6.10. The fourth-order valence-corrected chi connectivity index (χ4v) is 4.49. The summed E-state index contributed by atoms with van der Waals surface area (Å²) in [6.07, 6.45) is 6.52. The van der Waals surface area contributed by atoms with Crippen LogP contribution in [0.5, 0.6) is 5.95 Å². The molecule has 0 fully saturated rings.